The number of fused-ring (bicyclic) bond motifs is 1. The van der Waals surface area contributed by atoms with E-state index < -0.39 is 16.1 Å². The first-order valence-corrected chi connectivity index (χ1v) is 11.3. The van der Waals surface area contributed by atoms with Crippen molar-refractivity contribution in [1.29, 1.82) is 0 Å². The minimum atomic E-state index is -1.39. The SMILES string of the molecule is CC(=N[S@+]([O-])C(C)(C)C)c1cc2cc(Cl)c(OCCc3ccccn3)cc2nc1Cl. The minimum absolute atomic E-state index is 0.288. The first kappa shape index (κ1) is 22.8. The predicted octanol–water partition coefficient (Wildman–Crippen LogP) is 5.83. The Labute approximate surface area is 189 Å². The van der Waals surface area contributed by atoms with Gasteiger partial charge in [-0.05, 0) is 52.0 Å². The van der Waals surface area contributed by atoms with E-state index in [4.69, 9.17) is 27.9 Å². The second kappa shape index (κ2) is 9.52. The van der Waals surface area contributed by atoms with Gasteiger partial charge >= 0.3 is 0 Å². The van der Waals surface area contributed by atoms with Crippen molar-refractivity contribution in [2.45, 2.75) is 38.9 Å². The van der Waals surface area contributed by atoms with Crippen LogP contribution in [0.2, 0.25) is 10.2 Å². The lowest BCUT2D eigenvalue weighted by atomic mass is 10.1. The van der Waals surface area contributed by atoms with Crippen molar-refractivity contribution in [2.75, 3.05) is 6.61 Å². The third kappa shape index (κ3) is 5.64. The van der Waals surface area contributed by atoms with Gasteiger partial charge in [0.25, 0.3) is 0 Å². The molecule has 158 valence electrons. The Morgan fingerprint density at radius 1 is 1.20 bits per heavy atom. The second-order valence-corrected chi connectivity index (χ2v) is 10.4. The van der Waals surface area contributed by atoms with Gasteiger partial charge in [0.1, 0.15) is 27.0 Å². The van der Waals surface area contributed by atoms with Crippen LogP contribution in [0.15, 0.2) is 47.0 Å². The molecule has 0 fully saturated rings. The van der Waals surface area contributed by atoms with E-state index in [9.17, 15) is 4.55 Å². The summed E-state index contributed by atoms with van der Waals surface area (Å²) in [5.41, 5.74) is 2.80. The quantitative estimate of drug-likeness (QED) is 0.262. The minimum Gasteiger partial charge on any atom is -0.591 e. The molecule has 0 unspecified atom stereocenters. The normalized spacial score (nSPS) is 13.5. The molecule has 2 aromatic heterocycles. The largest absolute Gasteiger partial charge is 0.591 e. The standard InChI is InChI=1S/C22H23Cl2N3O2S/c1-14(27-30(28)22(2,3)4)17-11-15-12-18(23)20(13-19(15)26-21(17)24)29-10-8-16-7-5-6-9-25-16/h5-7,9,11-13H,8,10H2,1-4H3/t30-/m1/s1. The van der Waals surface area contributed by atoms with Crippen LogP contribution >= 0.6 is 23.2 Å². The topological polar surface area (TPSA) is 70.4 Å². The third-order valence-corrected chi connectivity index (χ3v) is 6.37. The molecule has 5 nitrogen and oxygen atoms in total. The zero-order valence-corrected chi connectivity index (χ0v) is 19.6. The summed E-state index contributed by atoms with van der Waals surface area (Å²) in [6.07, 6.45) is 2.42. The molecular weight excluding hydrogens is 441 g/mol. The molecular formula is C22H23Cl2N3O2S. The first-order valence-electron chi connectivity index (χ1n) is 9.45. The molecule has 0 aliphatic heterocycles. The van der Waals surface area contributed by atoms with Gasteiger partial charge in [0, 0.05) is 35.3 Å². The van der Waals surface area contributed by atoms with E-state index in [-0.39, 0.29) is 5.15 Å². The highest BCUT2D eigenvalue weighted by Crippen LogP contribution is 2.32. The van der Waals surface area contributed by atoms with E-state index >= 15 is 0 Å². The van der Waals surface area contributed by atoms with Crippen LogP contribution in [-0.2, 0) is 17.8 Å². The Balaban J connectivity index is 1.83. The third-order valence-electron chi connectivity index (χ3n) is 4.30. The maximum Gasteiger partial charge on any atom is 0.144 e. The Hall–Kier alpha value is -1.86. The van der Waals surface area contributed by atoms with E-state index in [1.807, 2.05) is 45.0 Å². The van der Waals surface area contributed by atoms with Crippen LogP contribution in [0.25, 0.3) is 10.9 Å². The van der Waals surface area contributed by atoms with Gasteiger partial charge in [-0.2, -0.15) is 0 Å². The molecule has 2 heterocycles. The van der Waals surface area contributed by atoms with Crippen LogP contribution in [-0.4, -0.2) is 31.6 Å². The summed E-state index contributed by atoms with van der Waals surface area (Å²) < 4.78 is 22.0. The summed E-state index contributed by atoms with van der Waals surface area (Å²) in [7, 11) is 0. The molecule has 3 rings (SSSR count). The molecule has 0 spiro atoms. The van der Waals surface area contributed by atoms with Crippen molar-refractivity contribution in [2.24, 2.45) is 4.40 Å². The molecule has 0 N–H and O–H groups in total. The van der Waals surface area contributed by atoms with E-state index in [2.05, 4.69) is 14.4 Å². The van der Waals surface area contributed by atoms with Crippen molar-refractivity contribution in [3.8, 4) is 5.75 Å². The highest BCUT2D eigenvalue weighted by Gasteiger charge is 2.27. The van der Waals surface area contributed by atoms with Gasteiger partial charge in [-0.15, -0.1) is 0 Å². The maximum atomic E-state index is 12.3. The second-order valence-electron chi connectivity index (χ2n) is 7.76. The molecule has 0 amide bonds. The predicted molar refractivity (Wildman–Crippen MR) is 125 cm³/mol. The summed E-state index contributed by atoms with van der Waals surface area (Å²) in [6, 6.07) is 11.2. The van der Waals surface area contributed by atoms with Crippen molar-refractivity contribution < 1.29 is 9.29 Å². The number of halogens is 2. The monoisotopic (exact) mass is 463 g/mol. The van der Waals surface area contributed by atoms with E-state index in [0.717, 1.165) is 11.1 Å². The molecule has 0 saturated carbocycles. The number of nitrogens with zero attached hydrogens (tertiary/aromatic N) is 3. The number of hydrogen-bond donors (Lipinski definition) is 0. The average Bonchev–Trinajstić information content (AvgIpc) is 2.68. The van der Waals surface area contributed by atoms with E-state index in [1.165, 1.54) is 0 Å². The molecule has 3 aromatic rings. The summed E-state index contributed by atoms with van der Waals surface area (Å²) in [5, 5.41) is 1.57. The van der Waals surface area contributed by atoms with Crippen molar-refractivity contribution in [1.82, 2.24) is 9.97 Å². The smallest absolute Gasteiger partial charge is 0.144 e. The summed E-state index contributed by atoms with van der Waals surface area (Å²) >= 11 is 11.4. The molecule has 8 heteroatoms. The molecule has 1 atom stereocenters. The van der Waals surface area contributed by atoms with Crippen LogP contribution in [0.5, 0.6) is 5.75 Å². The van der Waals surface area contributed by atoms with E-state index in [0.29, 0.717) is 40.6 Å². The van der Waals surface area contributed by atoms with Crippen LogP contribution < -0.4 is 4.74 Å². The summed E-state index contributed by atoms with van der Waals surface area (Å²) in [6.45, 7) is 7.83. The van der Waals surface area contributed by atoms with Gasteiger partial charge in [-0.3, -0.25) is 4.98 Å². The molecule has 0 aliphatic carbocycles. The fourth-order valence-corrected chi connectivity index (χ4v) is 3.77. The van der Waals surface area contributed by atoms with Gasteiger partial charge in [0.2, 0.25) is 0 Å². The number of ether oxygens (including phenoxy) is 1. The van der Waals surface area contributed by atoms with Crippen molar-refractivity contribution in [3.05, 3.63) is 64.0 Å². The van der Waals surface area contributed by atoms with Crippen LogP contribution in [0.3, 0.4) is 0 Å². The van der Waals surface area contributed by atoms with E-state index in [1.54, 1.807) is 25.3 Å². The number of aromatic nitrogens is 2. The Bertz CT molecular complexity index is 1070. The lowest BCUT2D eigenvalue weighted by Crippen LogP contribution is -2.26. The Morgan fingerprint density at radius 2 is 1.97 bits per heavy atom. The molecule has 0 aliphatic rings. The molecule has 0 bridgehead atoms. The van der Waals surface area contributed by atoms with Gasteiger partial charge in [0.05, 0.1) is 22.9 Å². The maximum absolute atomic E-state index is 12.3. The molecule has 30 heavy (non-hydrogen) atoms. The van der Waals surface area contributed by atoms with Gasteiger partial charge in [-0.1, -0.05) is 33.7 Å². The number of rotatable bonds is 6. The lowest BCUT2D eigenvalue weighted by Gasteiger charge is -2.19. The Morgan fingerprint density at radius 3 is 2.63 bits per heavy atom. The van der Waals surface area contributed by atoms with Crippen LogP contribution in [0, 0.1) is 0 Å². The summed E-state index contributed by atoms with van der Waals surface area (Å²) in [5.74, 6) is 0.538. The number of benzene rings is 1. The lowest BCUT2D eigenvalue weighted by molar-refractivity contribution is 0.321. The van der Waals surface area contributed by atoms with Gasteiger partial charge < -0.3 is 9.29 Å². The van der Waals surface area contributed by atoms with Gasteiger partial charge in [0.15, 0.2) is 0 Å². The zero-order chi connectivity index (χ0) is 21.9. The fourth-order valence-electron chi connectivity index (χ4n) is 2.64. The van der Waals surface area contributed by atoms with Crippen molar-refractivity contribution in [3.63, 3.8) is 0 Å². The van der Waals surface area contributed by atoms with Crippen molar-refractivity contribution >= 4 is 51.2 Å². The van der Waals surface area contributed by atoms with Gasteiger partial charge in [-0.25, -0.2) is 4.98 Å². The number of hydrogen-bond acceptors (Lipinski definition) is 5. The Kier molecular flexibility index (Phi) is 7.24. The van der Waals surface area contributed by atoms with Crippen LogP contribution in [0.1, 0.15) is 39.0 Å². The molecule has 1 aromatic carbocycles. The fraction of sp³-hybridized carbons (Fsp3) is 0.318. The zero-order valence-electron chi connectivity index (χ0n) is 17.3. The molecule has 0 saturated heterocycles. The average molecular weight is 464 g/mol. The molecule has 0 radical (unpaired) electrons. The van der Waals surface area contributed by atoms with Crippen LogP contribution in [0.4, 0.5) is 0 Å². The first-order chi connectivity index (χ1) is 14.1. The summed E-state index contributed by atoms with van der Waals surface area (Å²) in [4.78, 5) is 8.75. The highest BCUT2D eigenvalue weighted by atomic mass is 35.5. The number of pyridine rings is 2. The highest BCUT2D eigenvalue weighted by molar-refractivity contribution is 7.91.